The molecule has 28 heavy (non-hydrogen) atoms. The lowest BCUT2D eigenvalue weighted by Crippen LogP contribution is -2.26. The van der Waals surface area contributed by atoms with E-state index < -0.39 is 0 Å². The molecule has 1 atom stereocenters. The van der Waals surface area contributed by atoms with Crippen molar-refractivity contribution in [3.8, 4) is 17.1 Å². The third-order valence-corrected chi connectivity index (χ3v) is 5.76. The van der Waals surface area contributed by atoms with Crippen LogP contribution < -0.4 is 14.8 Å². The largest absolute Gasteiger partial charge is 0.485 e. The number of aromatic nitrogens is 3. The number of thiazole rings is 1. The lowest BCUT2D eigenvalue weighted by Gasteiger charge is -2.22. The van der Waals surface area contributed by atoms with E-state index in [2.05, 4.69) is 16.2 Å². The lowest BCUT2D eigenvalue weighted by molar-refractivity contribution is 0.259. The van der Waals surface area contributed by atoms with Crippen molar-refractivity contribution >= 4 is 28.4 Å². The van der Waals surface area contributed by atoms with E-state index in [1.807, 2.05) is 68.5 Å². The van der Waals surface area contributed by atoms with Gasteiger partial charge in [0.15, 0.2) is 5.82 Å². The van der Waals surface area contributed by atoms with Gasteiger partial charge in [0.25, 0.3) is 5.56 Å². The van der Waals surface area contributed by atoms with Gasteiger partial charge in [0.05, 0.1) is 4.53 Å². The molecule has 1 aliphatic heterocycles. The Kier molecular flexibility index (Phi) is 3.87. The first-order valence-electron chi connectivity index (χ1n) is 9.04. The third kappa shape index (κ3) is 2.82. The zero-order chi connectivity index (χ0) is 19.3. The molecule has 6 heteroatoms. The summed E-state index contributed by atoms with van der Waals surface area (Å²) in [4.78, 5) is 18.0. The summed E-state index contributed by atoms with van der Waals surface area (Å²) in [6, 6.07) is 15.8. The molecular formula is C22H17N3O2S. The standard InChI is InChI=1S/C22H17N3O2S/c1-13-7-9-15(10-8-13)20-23-22-25(24-20)21(26)19(28-22)12-17-11-16-5-3-4-6-18(16)27-14(17)2/h3-12,14H,1-2H3. The number of aryl methyl sites for hydroxylation is 1. The highest BCUT2D eigenvalue weighted by Gasteiger charge is 2.18. The van der Waals surface area contributed by atoms with Crippen LogP contribution in [0.3, 0.4) is 0 Å². The van der Waals surface area contributed by atoms with Crippen LogP contribution in [0.15, 0.2) is 58.9 Å². The van der Waals surface area contributed by atoms with Gasteiger partial charge in [-0.15, -0.1) is 5.10 Å². The second kappa shape index (κ2) is 6.42. The fourth-order valence-corrected chi connectivity index (χ4v) is 4.14. The van der Waals surface area contributed by atoms with Gasteiger partial charge in [-0.05, 0) is 37.6 Å². The number of fused-ring (bicyclic) bond motifs is 2. The molecule has 0 N–H and O–H groups in total. The average Bonchev–Trinajstić information content (AvgIpc) is 3.23. The van der Waals surface area contributed by atoms with Crippen LogP contribution >= 0.6 is 11.3 Å². The summed E-state index contributed by atoms with van der Waals surface area (Å²) in [6.45, 7) is 4.01. The lowest BCUT2D eigenvalue weighted by atomic mass is 10.0. The Balaban J connectivity index is 1.58. The molecule has 1 unspecified atom stereocenters. The molecule has 0 spiro atoms. The Morgan fingerprint density at radius 3 is 2.71 bits per heavy atom. The van der Waals surface area contributed by atoms with Crippen LogP contribution in [-0.4, -0.2) is 20.7 Å². The number of hydrogen-bond acceptors (Lipinski definition) is 5. The van der Waals surface area contributed by atoms with Crippen molar-refractivity contribution in [1.82, 2.24) is 14.6 Å². The maximum Gasteiger partial charge on any atom is 0.291 e. The zero-order valence-electron chi connectivity index (χ0n) is 15.4. The molecule has 0 saturated heterocycles. The van der Waals surface area contributed by atoms with Crippen LogP contribution in [-0.2, 0) is 0 Å². The second-order valence-electron chi connectivity index (χ2n) is 6.85. The fourth-order valence-electron chi connectivity index (χ4n) is 3.23. The molecule has 3 heterocycles. The van der Waals surface area contributed by atoms with Crippen molar-refractivity contribution in [3.05, 3.63) is 80.1 Å². The topological polar surface area (TPSA) is 56.5 Å². The summed E-state index contributed by atoms with van der Waals surface area (Å²) in [5.74, 6) is 1.43. The first-order chi connectivity index (χ1) is 13.6. The van der Waals surface area contributed by atoms with Gasteiger partial charge in [-0.3, -0.25) is 4.79 Å². The number of hydrogen-bond donors (Lipinski definition) is 0. The minimum atomic E-state index is -0.155. The van der Waals surface area contributed by atoms with Gasteiger partial charge < -0.3 is 4.74 Å². The van der Waals surface area contributed by atoms with Gasteiger partial charge in [0.1, 0.15) is 11.9 Å². The summed E-state index contributed by atoms with van der Waals surface area (Å²) in [6.07, 6.45) is 3.83. The molecule has 0 aliphatic carbocycles. The SMILES string of the molecule is Cc1ccc(-c2nc3sc(=CC4=Cc5ccccc5OC4C)c(=O)n3n2)cc1. The fraction of sp³-hybridized carbons (Fsp3) is 0.136. The molecule has 0 saturated carbocycles. The van der Waals surface area contributed by atoms with E-state index in [1.54, 1.807) is 0 Å². The Morgan fingerprint density at radius 1 is 1.14 bits per heavy atom. The van der Waals surface area contributed by atoms with E-state index in [0.29, 0.717) is 15.3 Å². The number of ether oxygens (including phenoxy) is 1. The van der Waals surface area contributed by atoms with Crippen LogP contribution in [0.2, 0.25) is 0 Å². The molecule has 0 fully saturated rings. The molecule has 1 aliphatic rings. The van der Waals surface area contributed by atoms with E-state index >= 15 is 0 Å². The van der Waals surface area contributed by atoms with Crippen molar-refractivity contribution in [3.63, 3.8) is 0 Å². The first-order valence-corrected chi connectivity index (χ1v) is 9.86. The molecule has 5 rings (SSSR count). The number of para-hydroxylation sites is 1. The van der Waals surface area contributed by atoms with Crippen molar-refractivity contribution in [1.29, 1.82) is 0 Å². The van der Waals surface area contributed by atoms with Gasteiger partial charge in [0, 0.05) is 11.1 Å². The van der Waals surface area contributed by atoms with Gasteiger partial charge in [0.2, 0.25) is 4.96 Å². The molecule has 0 radical (unpaired) electrons. The van der Waals surface area contributed by atoms with Crippen molar-refractivity contribution in [2.45, 2.75) is 20.0 Å². The molecule has 2 aromatic carbocycles. The first kappa shape index (κ1) is 16.9. The quantitative estimate of drug-likeness (QED) is 0.528. The predicted octanol–water partition coefficient (Wildman–Crippen LogP) is 3.49. The Morgan fingerprint density at radius 2 is 1.93 bits per heavy atom. The van der Waals surface area contributed by atoms with Gasteiger partial charge >= 0.3 is 0 Å². The third-order valence-electron chi connectivity index (χ3n) is 4.80. The van der Waals surface area contributed by atoms with E-state index in [1.165, 1.54) is 21.4 Å². The van der Waals surface area contributed by atoms with Crippen LogP contribution in [0.25, 0.3) is 28.5 Å². The number of benzene rings is 2. The summed E-state index contributed by atoms with van der Waals surface area (Å²) < 4.78 is 7.95. The summed E-state index contributed by atoms with van der Waals surface area (Å²) in [7, 11) is 0. The van der Waals surface area contributed by atoms with Crippen molar-refractivity contribution < 1.29 is 4.74 Å². The van der Waals surface area contributed by atoms with Gasteiger partial charge in [-0.25, -0.2) is 0 Å². The summed E-state index contributed by atoms with van der Waals surface area (Å²) >= 11 is 1.34. The summed E-state index contributed by atoms with van der Waals surface area (Å²) in [5, 5.41) is 4.41. The molecule has 4 aromatic rings. The normalized spacial score (nSPS) is 16.7. The Bertz CT molecular complexity index is 1330. The van der Waals surface area contributed by atoms with Crippen molar-refractivity contribution in [2.24, 2.45) is 0 Å². The average molecular weight is 387 g/mol. The molecule has 138 valence electrons. The van der Waals surface area contributed by atoms with Crippen LogP contribution in [0.5, 0.6) is 5.75 Å². The minimum Gasteiger partial charge on any atom is -0.485 e. The van der Waals surface area contributed by atoms with Crippen LogP contribution in [0.1, 0.15) is 18.1 Å². The molecule has 0 bridgehead atoms. The summed E-state index contributed by atoms with van der Waals surface area (Å²) in [5.41, 5.74) is 3.89. The monoisotopic (exact) mass is 387 g/mol. The highest BCUT2D eigenvalue weighted by molar-refractivity contribution is 7.15. The van der Waals surface area contributed by atoms with E-state index in [4.69, 9.17) is 4.74 Å². The minimum absolute atomic E-state index is 0.125. The zero-order valence-corrected chi connectivity index (χ0v) is 16.2. The molecular weight excluding hydrogens is 370 g/mol. The molecule has 2 aromatic heterocycles. The highest BCUT2D eigenvalue weighted by atomic mass is 32.1. The maximum absolute atomic E-state index is 12.8. The maximum atomic E-state index is 12.8. The highest BCUT2D eigenvalue weighted by Crippen LogP contribution is 2.29. The molecule has 0 amide bonds. The second-order valence-corrected chi connectivity index (χ2v) is 7.86. The predicted molar refractivity (Wildman–Crippen MR) is 111 cm³/mol. The van der Waals surface area contributed by atoms with E-state index in [-0.39, 0.29) is 11.7 Å². The van der Waals surface area contributed by atoms with E-state index in [9.17, 15) is 4.79 Å². The van der Waals surface area contributed by atoms with Crippen molar-refractivity contribution in [2.75, 3.05) is 0 Å². The Labute approximate surface area is 165 Å². The van der Waals surface area contributed by atoms with Crippen LogP contribution in [0.4, 0.5) is 0 Å². The Hall–Kier alpha value is -3.25. The smallest absolute Gasteiger partial charge is 0.291 e. The van der Waals surface area contributed by atoms with Crippen LogP contribution in [0, 0.1) is 6.92 Å². The van der Waals surface area contributed by atoms with Gasteiger partial charge in [-0.2, -0.15) is 9.50 Å². The van der Waals surface area contributed by atoms with Gasteiger partial charge in [-0.1, -0.05) is 59.4 Å². The number of nitrogens with zero attached hydrogens (tertiary/aromatic N) is 3. The van der Waals surface area contributed by atoms with E-state index in [0.717, 1.165) is 22.4 Å². The number of rotatable bonds is 2. The molecule has 5 nitrogen and oxygen atoms in total.